The fourth-order valence-corrected chi connectivity index (χ4v) is 5.95. The Hall–Kier alpha value is -1.40. The molecule has 4 rings (SSSR count). The Morgan fingerprint density at radius 1 is 1.16 bits per heavy atom. The summed E-state index contributed by atoms with van der Waals surface area (Å²) in [5, 5.41) is 3.10. The van der Waals surface area contributed by atoms with Crippen molar-refractivity contribution in [2.45, 2.75) is 62.4 Å². The number of hydrogen-bond acceptors (Lipinski definition) is 3. The molecule has 1 aromatic carbocycles. The molecule has 2 N–H and O–H groups in total. The molecule has 3 aliphatic carbocycles. The third-order valence-corrected chi connectivity index (χ3v) is 7.62. The summed E-state index contributed by atoms with van der Waals surface area (Å²) in [5.41, 5.74) is 0.411. The van der Waals surface area contributed by atoms with Crippen molar-refractivity contribution < 1.29 is 13.2 Å². The van der Waals surface area contributed by atoms with Crippen molar-refractivity contribution in [3.63, 3.8) is 0 Å². The first-order valence-electron chi connectivity index (χ1n) is 9.35. The predicted octanol–water partition coefficient (Wildman–Crippen LogP) is 2.68. The summed E-state index contributed by atoms with van der Waals surface area (Å²) in [6, 6.07) is 6.53. The molecule has 2 bridgehead atoms. The maximum Gasteiger partial charge on any atom is 0.251 e. The Balaban J connectivity index is 1.44. The van der Waals surface area contributed by atoms with Crippen LogP contribution in [-0.4, -0.2) is 26.4 Å². The SMILES string of the molecule is C[C@H](NC(=O)c1cccc(S(=O)(=O)NC2CC2)c1)[C@@H]1C[C@H]2CC[C@H]1C2. The van der Waals surface area contributed by atoms with E-state index in [0.717, 1.165) is 24.7 Å². The normalized spacial score (nSPS) is 29.6. The molecule has 0 saturated heterocycles. The van der Waals surface area contributed by atoms with Gasteiger partial charge in [0.1, 0.15) is 0 Å². The summed E-state index contributed by atoms with van der Waals surface area (Å²) < 4.78 is 27.3. The number of amides is 1. The van der Waals surface area contributed by atoms with Gasteiger partial charge in [0, 0.05) is 17.6 Å². The van der Waals surface area contributed by atoms with Crippen molar-refractivity contribution in [1.82, 2.24) is 10.0 Å². The van der Waals surface area contributed by atoms with Crippen LogP contribution in [0, 0.1) is 17.8 Å². The maximum absolute atomic E-state index is 12.6. The molecule has 3 saturated carbocycles. The average molecular weight is 362 g/mol. The highest BCUT2D eigenvalue weighted by Crippen LogP contribution is 2.49. The molecule has 0 spiro atoms. The highest BCUT2D eigenvalue weighted by Gasteiger charge is 2.42. The van der Waals surface area contributed by atoms with Crippen molar-refractivity contribution >= 4 is 15.9 Å². The summed E-state index contributed by atoms with van der Waals surface area (Å²) >= 11 is 0. The number of carbonyl (C=O) groups is 1. The molecular weight excluding hydrogens is 336 g/mol. The van der Waals surface area contributed by atoms with Crippen LogP contribution < -0.4 is 10.0 Å². The highest BCUT2D eigenvalue weighted by molar-refractivity contribution is 7.89. The number of rotatable bonds is 6. The van der Waals surface area contributed by atoms with Crippen LogP contribution in [0.2, 0.25) is 0 Å². The molecule has 1 amide bonds. The van der Waals surface area contributed by atoms with Gasteiger partial charge in [-0.25, -0.2) is 13.1 Å². The molecule has 25 heavy (non-hydrogen) atoms. The minimum Gasteiger partial charge on any atom is -0.349 e. The lowest BCUT2D eigenvalue weighted by Gasteiger charge is -2.28. The van der Waals surface area contributed by atoms with E-state index in [1.54, 1.807) is 18.2 Å². The van der Waals surface area contributed by atoms with Gasteiger partial charge in [0.15, 0.2) is 0 Å². The molecule has 6 heteroatoms. The third kappa shape index (κ3) is 3.60. The maximum atomic E-state index is 12.6. The minimum absolute atomic E-state index is 0.0558. The van der Waals surface area contributed by atoms with Crippen LogP contribution in [0.15, 0.2) is 29.2 Å². The topological polar surface area (TPSA) is 75.3 Å². The van der Waals surface area contributed by atoms with Crippen LogP contribution in [0.25, 0.3) is 0 Å². The molecule has 3 aliphatic rings. The van der Waals surface area contributed by atoms with Crippen LogP contribution >= 0.6 is 0 Å². The van der Waals surface area contributed by atoms with Gasteiger partial charge in [0.05, 0.1) is 4.90 Å². The molecular formula is C19H26N2O3S. The Bertz CT molecular complexity index is 773. The number of carbonyl (C=O) groups excluding carboxylic acids is 1. The number of nitrogens with one attached hydrogen (secondary N) is 2. The van der Waals surface area contributed by atoms with Gasteiger partial charge in [-0.2, -0.15) is 0 Å². The fourth-order valence-electron chi connectivity index (χ4n) is 4.60. The highest BCUT2D eigenvalue weighted by atomic mass is 32.2. The van der Waals surface area contributed by atoms with E-state index in [1.807, 2.05) is 0 Å². The fraction of sp³-hybridized carbons (Fsp3) is 0.632. The van der Waals surface area contributed by atoms with Crippen molar-refractivity contribution in [2.24, 2.45) is 17.8 Å². The van der Waals surface area contributed by atoms with Gasteiger partial charge in [-0.1, -0.05) is 12.5 Å². The molecule has 0 unspecified atom stereocenters. The van der Waals surface area contributed by atoms with E-state index in [9.17, 15) is 13.2 Å². The first-order valence-corrected chi connectivity index (χ1v) is 10.8. The third-order valence-electron chi connectivity index (χ3n) is 6.10. The molecule has 1 aromatic rings. The van der Waals surface area contributed by atoms with Crippen molar-refractivity contribution in [3.8, 4) is 0 Å². The van der Waals surface area contributed by atoms with Gasteiger partial charge in [0.25, 0.3) is 5.91 Å². The lowest BCUT2D eigenvalue weighted by molar-refractivity contribution is 0.0915. The van der Waals surface area contributed by atoms with Gasteiger partial charge in [0.2, 0.25) is 10.0 Å². The minimum atomic E-state index is -3.53. The van der Waals surface area contributed by atoms with Crippen molar-refractivity contribution in [1.29, 1.82) is 0 Å². The van der Waals surface area contributed by atoms with Crippen LogP contribution in [0.3, 0.4) is 0 Å². The van der Waals surface area contributed by atoms with E-state index in [-0.39, 0.29) is 22.9 Å². The number of hydrogen-bond donors (Lipinski definition) is 2. The van der Waals surface area contributed by atoms with E-state index in [0.29, 0.717) is 11.5 Å². The lowest BCUT2D eigenvalue weighted by Crippen LogP contribution is -2.40. The Labute approximate surface area is 149 Å². The van der Waals surface area contributed by atoms with Gasteiger partial charge in [-0.05, 0) is 75.0 Å². The van der Waals surface area contributed by atoms with Crippen molar-refractivity contribution in [3.05, 3.63) is 29.8 Å². The van der Waals surface area contributed by atoms with E-state index < -0.39 is 10.0 Å². The van der Waals surface area contributed by atoms with Crippen LogP contribution in [0.4, 0.5) is 0 Å². The zero-order chi connectivity index (χ0) is 17.6. The molecule has 5 nitrogen and oxygen atoms in total. The quantitative estimate of drug-likeness (QED) is 0.817. The van der Waals surface area contributed by atoms with E-state index in [4.69, 9.17) is 0 Å². The monoisotopic (exact) mass is 362 g/mol. The second kappa shape index (κ2) is 6.40. The van der Waals surface area contributed by atoms with Crippen LogP contribution in [-0.2, 0) is 10.0 Å². The predicted molar refractivity (Wildman–Crippen MR) is 95.7 cm³/mol. The van der Waals surface area contributed by atoms with Gasteiger partial charge in [-0.15, -0.1) is 0 Å². The Kier molecular flexibility index (Phi) is 4.36. The zero-order valence-corrected chi connectivity index (χ0v) is 15.4. The van der Waals surface area contributed by atoms with Gasteiger partial charge in [-0.3, -0.25) is 4.79 Å². The first-order chi connectivity index (χ1) is 11.9. The molecule has 0 heterocycles. The van der Waals surface area contributed by atoms with E-state index in [1.165, 1.54) is 31.7 Å². The lowest BCUT2D eigenvalue weighted by atomic mass is 9.84. The van der Waals surface area contributed by atoms with Gasteiger partial charge >= 0.3 is 0 Å². The molecule has 0 aliphatic heterocycles. The summed E-state index contributed by atoms with van der Waals surface area (Å²) in [4.78, 5) is 12.8. The largest absolute Gasteiger partial charge is 0.349 e. The average Bonchev–Trinajstić information content (AvgIpc) is 3.13. The molecule has 0 radical (unpaired) electrons. The summed E-state index contributed by atoms with van der Waals surface area (Å²) in [5.74, 6) is 1.97. The summed E-state index contributed by atoms with van der Waals surface area (Å²) in [7, 11) is -3.53. The van der Waals surface area contributed by atoms with Crippen LogP contribution in [0.1, 0.15) is 55.8 Å². The van der Waals surface area contributed by atoms with E-state index in [2.05, 4.69) is 17.0 Å². The van der Waals surface area contributed by atoms with Crippen molar-refractivity contribution in [2.75, 3.05) is 0 Å². The smallest absolute Gasteiger partial charge is 0.251 e. The number of fused-ring (bicyclic) bond motifs is 2. The standard InChI is InChI=1S/C19H26N2O3S/c1-12(18-10-13-5-6-14(18)9-13)20-19(22)15-3-2-4-17(11-15)25(23,24)21-16-7-8-16/h2-4,11-14,16,18,21H,5-10H2,1H3,(H,20,22)/t12-,13-,14-,18-/m0/s1. The Morgan fingerprint density at radius 2 is 1.96 bits per heavy atom. The van der Waals surface area contributed by atoms with Crippen LogP contribution in [0.5, 0.6) is 0 Å². The molecule has 136 valence electrons. The summed E-state index contributed by atoms with van der Waals surface area (Å²) in [6.07, 6.45) is 6.93. The first kappa shape index (κ1) is 17.0. The molecule has 0 aromatic heterocycles. The summed E-state index contributed by atoms with van der Waals surface area (Å²) in [6.45, 7) is 2.08. The molecule has 4 atom stereocenters. The van der Waals surface area contributed by atoms with E-state index >= 15 is 0 Å². The second-order valence-corrected chi connectivity index (χ2v) is 9.74. The number of sulfonamides is 1. The second-order valence-electron chi connectivity index (χ2n) is 8.02. The Morgan fingerprint density at radius 3 is 2.60 bits per heavy atom. The number of benzene rings is 1. The zero-order valence-electron chi connectivity index (χ0n) is 14.6. The van der Waals surface area contributed by atoms with Gasteiger partial charge < -0.3 is 5.32 Å². The molecule has 3 fully saturated rings.